The van der Waals surface area contributed by atoms with Crippen molar-refractivity contribution in [3.05, 3.63) is 38.3 Å². The van der Waals surface area contributed by atoms with Gasteiger partial charge in [0.05, 0.1) is 22.5 Å². The molecule has 0 N–H and O–H groups in total. The number of carbonyl (C=O) groups excluding carboxylic acids is 1. The highest BCUT2D eigenvalue weighted by Crippen LogP contribution is 2.32. The Balaban J connectivity index is 1.69. The van der Waals surface area contributed by atoms with E-state index >= 15 is 0 Å². The summed E-state index contributed by atoms with van der Waals surface area (Å²) in [6, 6.07) is 4.05. The summed E-state index contributed by atoms with van der Waals surface area (Å²) in [6.07, 6.45) is 8.47. The number of Topliss-reactive ketones (excluding diaryl/α,β-unsaturated/α-hetero) is 1. The molecule has 1 fully saturated rings. The van der Waals surface area contributed by atoms with E-state index in [2.05, 4.69) is 5.10 Å². The lowest BCUT2D eigenvalue weighted by atomic mass is 9.96. The Kier molecular flexibility index (Phi) is 4.67. The molecule has 2 heterocycles. The van der Waals surface area contributed by atoms with Crippen molar-refractivity contribution in [1.29, 1.82) is 0 Å². The maximum atomic E-state index is 12.2. The van der Waals surface area contributed by atoms with E-state index in [1.165, 1.54) is 43.4 Å². The van der Waals surface area contributed by atoms with Gasteiger partial charge in [0.25, 0.3) is 0 Å². The summed E-state index contributed by atoms with van der Waals surface area (Å²) in [5.74, 6) is -0.0305. The molecule has 1 aliphatic carbocycles. The van der Waals surface area contributed by atoms with E-state index in [-0.39, 0.29) is 12.2 Å². The van der Waals surface area contributed by atoms with Gasteiger partial charge in [-0.25, -0.2) is 0 Å². The second-order valence-corrected chi connectivity index (χ2v) is 7.70. The van der Waals surface area contributed by atoms with Gasteiger partial charge in [-0.3, -0.25) is 9.48 Å². The minimum absolute atomic E-state index is 0.0305. The summed E-state index contributed by atoms with van der Waals surface area (Å²) in [5.41, 5.74) is 1.29. The zero-order valence-corrected chi connectivity index (χ0v) is 13.8. The van der Waals surface area contributed by atoms with Crippen LogP contribution in [0.2, 0.25) is 8.67 Å². The van der Waals surface area contributed by atoms with E-state index in [9.17, 15) is 4.79 Å². The molecule has 2 aromatic heterocycles. The first-order chi connectivity index (χ1) is 10.1. The highest BCUT2D eigenvalue weighted by molar-refractivity contribution is 7.20. The van der Waals surface area contributed by atoms with Crippen LogP contribution in [-0.2, 0) is 6.42 Å². The first kappa shape index (κ1) is 15.1. The molecular weight excluding hydrogens is 327 g/mol. The number of hydrogen-bond acceptors (Lipinski definition) is 3. The van der Waals surface area contributed by atoms with Gasteiger partial charge in [-0.2, -0.15) is 5.10 Å². The van der Waals surface area contributed by atoms with Gasteiger partial charge in [-0.1, -0.05) is 42.5 Å². The first-order valence-electron chi connectivity index (χ1n) is 7.15. The Hall–Kier alpha value is -0.840. The minimum Gasteiger partial charge on any atom is -0.294 e. The number of hydrogen-bond donors (Lipinski definition) is 0. The molecule has 112 valence electrons. The lowest BCUT2D eigenvalue weighted by Crippen LogP contribution is -2.14. The SMILES string of the molecule is O=C(Cc1ccn(C2CCCCC2)n1)c1cc(Cl)sc1Cl. The molecule has 3 rings (SSSR count). The molecule has 0 amide bonds. The van der Waals surface area contributed by atoms with Crippen molar-refractivity contribution < 1.29 is 4.79 Å². The number of thiophene rings is 1. The molecule has 21 heavy (non-hydrogen) atoms. The molecule has 1 aliphatic rings. The monoisotopic (exact) mass is 342 g/mol. The van der Waals surface area contributed by atoms with Crippen LogP contribution >= 0.6 is 34.5 Å². The Morgan fingerprint density at radius 2 is 2.10 bits per heavy atom. The highest BCUT2D eigenvalue weighted by atomic mass is 35.5. The molecule has 0 radical (unpaired) electrons. The van der Waals surface area contributed by atoms with Gasteiger partial charge < -0.3 is 0 Å². The molecule has 0 aliphatic heterocycles. The zero-order valence-electron chi connectivity index (χ0n) is 11.5. The zero-order chi connectivity index (χ0) is 14.8. The molecule has 1 saturated carbocycles. The lowest BCUT2D eigenvalue weighted by Gasteiger charge is -2.21. The van der Waals surface area contributed by atoms with Gasteiger partial charge in [0.2, 0.25) is 0 Å². The van der Waals surface area contributed by atoms with Crippen LogP contribution in [0.4, 0.5) is 0 Å². The van der Waals surface area contributed by atoms with Gasteiger partial charge in [0.15, 0.2) is 5.78 Å². The van der Waals surface area contributed by atoms with Crippen LogP contribution in [-0.4, -0.2) is 15.6 Å². The van der Waals surface area contributed by atoms with Gasteiger partial charge >= 0.3 is 0 Å². The summed E-state index contributed by atoms with van der Waals surface area (Å²) in [5, 5.41) is 4.56. The van der Waals surface area contributed by atoms with Crippen LogP contribution in [0.1, 0.15) is 54.2 Å². The van der Waals surface area contributed by atoms with Gasteiger partial charge in [-0.15, -0.1) is 11.3 Å². The molecular formula is C15H16Cl2N2OS. The summed E-state index contributed by atoms with van der Waals surface area (Å²) in [6.45, 7) is 0. The number of nitrogens with zero attached hydrogens (tertiary/aromatic N) is 2. The normalized spacial score (nSPS) is 16.3. The Morgan fingerprint density at radius 1 is 1.33 bits per heavy atom. The molecule has 0 saturated heterocycles. The number of halogens is 2. The maximum Gasteiger partial charge on any atom is 0.171 e. The molecule has 0 aromatic carbocycles. The summed E-state index contributed by atoms with van der Waals surface area (Å²) in [7, 11) is 0. The van der Waals surface area contributed by atoms with Crippen molar-refractivity contribution in [1.82, 2.24) is 9.78 Å². The largest absolute Gasteiger partial charge is 0.294 e. The van der Waals surface area contributed by atoms with Gasteiger partial charge in [0, 0.05) is 11.8 Å². The van der Waals surface area contributed by atoms with E-state index in [0.717, 1.165) is 5.69 Å². The molecule has 6 heteroatoms. The predicted octanol–water partition coefficient (Wildman–Crippen LogP) is 5.18. The maximum absolute atomic E-state index is 12.2. The number of aromatic nitrogens is 2. The van der Waals surface area contributed by atoms with Crippen LogP contribution in [0.3, 0.4) is 0 Å². The Labute approximate surface area is 137 Å². The molecule has 2 aromatic rings. The molecule has 3 nitrogen and oxygen atoms in total. The average Bonchev–Trinajstić information content (AvgIpc) is 3.06. The van der Waals surface area contributed by atoms with Crippen molar-refractivity contribution in [2.45, 2.75) is 44.6 Å². The van der Waals surface area contributed by atoms with Gasteiger partial charge in [0.1, 0.15) is 4.34 Å². The second kappa shape index (κ2) is 6.51. The number of rotatable bonds is 4. The summed E-state index contributed by atoms with van der Waals surface area (Å²) >= 11 is 13.1. The highest BCUT2D eigenvalue weighted by Gasteiger charge is 2.18. The van der Waals surface area contributed by atoms with E-state index in [1.807, 2.05) is 16.9 Å². The van der Waals surface area contributed by atoms with Crippen LogP contribution < -0.4 is 0 Å². The first-order valence-corrected chi connectivity index (χ1v) is 8.73. The summed E-state index contributed by atoms with van der Waals surface area (Å²) < 4.78 is 3.01. The molecule has 0 bridgehead atoms. The quantitative estimate of drug-likeness (QED) is 0.717. The number of ketones is 1. The standard InChI is InChI=1S/C15H16Cl2N2OS/c16-14-9-12(15(17)21-14)13(20)8-10-6-7-19(18-10)11-4-2-1-3-5-11/h6-7,9,11H,1-5,8H2. The van der Waals surface area contributed by atoms with E-state index in [1.54, 1.807) is 6.07 Å². The fourth-order valence-electron chi connectivity index (χ4n) is 2.81. The van der Waals surface area contributed by atoms with Crippen molar-refractivity contribution in [2.75, 3.05) is 0 Å². The van der Waals surface area contributed by atoms with Crippen LogP contribution in [0.5, 0.6) is 0 Å². The third-order valence-electron chi connectivity index (χ3n) is 3.91. The molecule has 0 atom stereocenters. The number of carbonyl (C=O) groups is 1. The van der Waals surface area contributed by atoms with E-state index < -0.39 is 0 Å². The van der Waals surface area contributed by atoms with Crippen molar-refractivity contribution >= 4 is 40.3 Å². The van der Waals surface area contributed by atoms with E-state index in [4.69, 9.17) is 23.2 Å². The minimum atomic E-state index is -0.0305. The summed E-state index contributed by atoms with van der Waals surface area (Å²) in [4.78, 5) is 12.2. The smallest absolute Gasteiger partial charge is 0.171 e. The second-order valence-electron chi connectivity index (χ2n) is 5.42. The van der Waals surface area contributed by atoms with Gasteiger partial charge in [-0.05, 0) is 25.0 Å². The van der Waals surface area contributed by atoms with E-state index in [0.29, 0.717) is 20.3 Å². The van der Waals surface area contributed by atoms with Crippen LogP contribution in [0.25, 0.3) is 0 Å². The average molecular weight is 343 g/mol. The molecule has 0 unspecified atom stereocenters. The van der Waals surface area contributed by atoms with Crippen molar-refractivity contribution in [3.8, 4) is 0 Å². The third-order valence-corrected chi connectivity index (χ3v) is 5.40. The fraction of sp³-hybridized carbons (Fsp3) is 0.467. The topological polar surface area (TPSA) is 34.9 Å². The Morgan fingerprint density at radius 3 is 2.76 bits per heavy atom. The van der Waals surface area contributed by atoms with Crippen molar-refractivity contribution in [2.24, 2.45) is 0 Å². The lowest BCUT2D eigenvalue weighted by molar-refractivity contribution is 0.0992. The Bertz CT molecular complexity index is 644. The van der Waals surface area contributed by atoms with Crippen LogP contribution in [0.15, 0.2) is 18.3 Å². The third kappa shape index (κ3) is 3.50. The van der Waals surface area contributed by atoms with Crippen LogP contribution in [0, 0.1) is 0 Å². The molecule has 0 spiro atoms. The van der Waals surface area contributed by atoms with Crippen molar-refractivity contribution in [3.63, 3.8) is 0 Å². The predicted molar refractivity (Wildman–Crippen MR) is 86.7 cm³/mol. The fourth-order valence-corrected chi connectivity index (χ4v) is 4.31.